The first-order valence-corrected chi connectivity index (χ1v) is 14.4. The Bertz CT molecular complexity index is 1110. The van der Waals surface area contributed by atoms with E-state index in [9.17, 15) is 14.4 Å². The van der Waals surface area contributed by atoms with Crippen LogP contribution in [0.1, 0.15) is 95.0 Å². The van der Waals surface area contributed by atoms with Crippen LogP contribution in [-0.4, -0.2) is 23.5 Å². The maximum atomic E-state index is 10.4. The molecule has 2 heterocycles. The average Bonchev–Trinajstić information content (AvgIpc) is 3.64. The number of rotatable bonds is 11. The molecule has 0 aliphatic rings. The van der Waals surface area contributed by atoms with Gasteiger partial charge < -0.3 is 18.7 Å². The number of benzene rings is 1. The molecule has 3 aromatic rings. The summed E-state index contributed by atoms with van der Waals surface area (Å²) in [5, 5.41) is 8.63. The van der Waals surface area contributed by atoms with Gasteiger partial charge >= 0.3 is 0 Å². The van der Waals surface area contributed by atoms with E-state index in [1.807, 2.05) is 58.0 Å². The maximum Gasteiger partial charge on any atom is 0.185 e. The van der Waals surface area contributed by atoms with E-state index in [1.54, 1.807) is 49.6 Å². The number of aryl methyl sites for hydroxylation is 2. The van der Waals surface area contributed by atoms with E-state index in [4.69, 9.17) is 13.9 Å². The molecule has 0 amide bonds. The molecule has 0 saturated heterocycles. The summed E-state index contributed by atoms with van der Waals surface area (Å²) in [5.41, 5.74) is 2.18. The zero-order valence-corrected chi connectivity index (χ0v) is 26.3. The number of carbonyl (C=O) groups excluding carboxylic acids is 3. The molecule has 0 spiro atoms. The number of phenolic OH excluding ortho intramolecular Hbond substituents is 1. The Morgan fingerprint density at radius 2 is 1.57 bits per heavy atom. The van der Waals surface area contributed by atoms with Gasteiger partial charge in [0, 0.05) is 12.8 Å². The molecule has 0 fully saturated rings. The van der Waals surface area contributed by atoms with E-state index in [1.165, 1.54) is 37.2 Å². The van der Waals surface area contributed by atoms with Crippen molar-refractivity contribution in [2.75, 3.05) is 0 Å². The van der Waals surface area contributed by atoms with E-state index in [0.29, 0.717) is 24.2 Å². The number of unbranched alkanes of at least 4 members (excludes halogenated alkanes) is 2. The number of ketones is 1. The first-order valence-electron chi connectivity index (χ1n) is 14.4. The quantitative estimate of drug-likeness (QED) is 0.0799. The van der Waals surface area contributed by atoms with Crippen LogP contribution < -0.4 is 0 Å². The van der Waals surface area contributed by atoms with Crippen LogP contribution in [0, 0.1) is 6.92 Å². The molecule has 0 radical (unpaired) electrons. The third kappa shape index (κ3) is 28.8. The highest BCUT2D eigenvalue weighted by Gasteiger charge is 1.95. The highest BCUT2D eigenvalue weighted by molar-refractivity contribution is 5.75. The number of aromatic hydroxyl groups is 1. The molecule has 42 heavy (non-hydrogen) atoms. The van der Waals surface area contributed by atoms with Gasteiger partial charge in [-0.25, -0.2) is 0 Å². The van der Waals surface area contributed by atoms with Gasteiger partial charge in [-0.05, 0) is 88.9 Å². The zero-order valence-electron chi connectivity index (χ0n) is 26.3. The Balaban J connectivity index is 0. The molecule has 6 heteroatoms. The van der Waals surface area contributed by atoms with Gasteiger partial charge in [0.05, 0.1) is 12.5 Å². The summed E-state index contributed by atoms with van der Waals surface area (Å²) in [4.78, 5) is 30.0. The van der Waals surface area contributed by atoms with Gasteiger partial charge in [0.25, 0.3) is 0 Å². The number of furan rings is 2. The molecule has 0 aliphatic heterocycles. The largest absolute Gasteiger partial charge is 0.508 e. The second-order valence-electron chi connectivity index (χ2n) is 9.34. The molecule has 0 bridgehead atoms. The van der Waals surface area contributed by atoms with Crippen molar-refractivity contribution >= 4 is 18.4 Å². The lowest BCUT2D eigenvalue weighted by molar-refractivity contribution is -0.117. The zero-order chi connectivity index (χ0) is 31.8. The molecule has 2 aromatic heterocycles. The normalized spacial score (nSPS) is 9.57. The molecule has 3 rings (SSSR count). The summed E-state index contributed by atoms with van der Waals surface area (Å²) in [6.45, 7) is 11.8. The fourth-order valence-electron chi connectivity index (χ4n) is 2.83. The summed E-state index contributed by atoms with van der Waals surface area (Å²) >= 11 is 0. The lowest BCUT2D eigenvalue weighted by Gasteiger charge is -1.93. The number of hydrogen-bond acceptors (Lipinski definition) is 6. The number of carbonyl (C=O) groups is 3. The Morgan fingerprint density at radius 3 is 1.98 bits per heavy atom. The first kappa shape index (κ1) is 40.0. The number of allylic oxidation sites excluding steroid dienone is 6. The number of phenols is 1. The second-order valence-corrected chi connectivity index (χ2v) is 9.34. The van der Waals surface area contributed by atoms with Crippen molar-refractivity contribution in [3.05, 3.63) is 114 Å². The van der Waals surface area contributed by atoms with E-state index < -0.39 is 0 Å². The summed E-state index contributed by atoms with van der Waals surface area (Å²) in [5.74, 6) is 2.13. The smallest absolute Gasteiger partial charge is 0.185 e. The standard InChI is InChI=1S/C9H14O.C8H14O.C7H10O.C6H6O2.C6H6O/c1-2-3-4-6-9-7-5-8-10-9;1-7(2)5-4-6-8(3)9;1-2-3-4-5-6-7-8;1-5-2-3-8-6(5)4-7;7-6-4-2-1-3-5-6/h5,7-8H,2-4,6H2,1H3;5H,4,6H2,1-3H3;3-7H,2H2,1H3;2-4H,1H3;1-5,7H. The van der Waals surface area contributed by atoms with Crippen LogP contribution in [-0.2, 0) is 16.0 Å². The number of hydrogen-bond donors (Lipinski definition) is 1. The minimum atomic E-state index is 0.271. The van der Waals surface area contributed by atoms with Crippen LogP contribution in [0.3, 0.4) is 0 Å². The summed E-state index contributed by atoms with van der Waals surface area (Å²) < 4.78 is 9.93. The van der Waals surface area contributed by atoms with Crippen LogP contribution in [0.4, 0.5) is 0 Å². The Kier molecular flexibility index (Phi) is 28.3. The molecule has 0 unspecified atom stereocenters. The van der Waals surface area contributed by atoms with Crippen molar-refractivity contribution in [3.63, 3.8) is 0 Å². The summed E-state index contributed by atoms with van der Waals surface area (Å²) in [6, 6.07) is 14.4. The lowest BCUT2D eigenvalue weighted by Crippen LogP contribution is -1.86. The van der Waals surface area contributed by atoms with E-state index in [-0.39, 0.29) is 5.78 Å². The van der Waals surface area contributed by atoms with E-state index >= 15 is 0 Å². The van der Waals surface area contributed by atoms with Gasteiger partial charge in [0.2, 0.25) is 0 Å². The molecule has 1 aromatic carbocycles. The number of Topliss-reactive ketones (excluding diaryl/α,β-unsaturated/α-hetero) is 1. The van der Waals surface area contributed by atoms with Gasteiger partial charge in [-0.3, -0.25) is 9.59 Å². The van der Waals surface area contributed by atoms with E-state index in [2.05, 4.69) is 13.0 Å². The fraction of sp³-hybridized carbons (Fsp3) is 0.361. The first-order chi connectivity index (χ1) is 20.2. The highest BCUT2D eigenvalue weighted by Crippen LogP contribution is 2.06. The van der Waals surface area contributed by atoms with Crippen molar-refractivity contribution < 1.29 is 28.3 Å². The third-order valence-corrected chi connectivity index (χ3v) is 5.09. The van der Waals surface area contributed by atoms with Crippen LogP contribution in [0.5, 0.6) is 5.75 Å². The predicted molar refractivity (Wildman–Crippen MR) is 173 cm³/mol. The fourth-order valence-corrected chi connectivity index (χ4v) is 2.83. The molecule has 0 atom stereocenters. The molecule has 0 aliphatic carbocycles. The minimum absolute atomic E-state index is 0.271. The Labute approximate surface area is 252 Å². The second kappa shape index (κ2) is 29.8. The Morgan fingerprint density at radius 1 is 0.857 bits per heavy atom. The Hall–Kier alpha value is -4.19. The monoisotopic (exact) mass is 578 g/mol. The van der Waals surface area contributed by atoms with Gasteiger partial charge in [-0.15, -0.1) is 0 Å². The number of para-hydroxylation sites is 1. The van der Waals surface area contributed by atoms with Crippen LogP contribution in [0.2, 0.25) is 0 Å². The van der Waals surface area contributed by atoms with Crippen LogP contribution in [0.25, 0.3) is 0 Å². The maximum absolute atomic E-state index is 10.4. The van der Waals surface area contributed by atoms with Gasteiger partial charge in [0.1, 0.15) is 23.6 Å². The van der Waals surface area contributed by atoms with Crippen LogP contribution >= 0.6 is 0 Å². The molecule has 0 saturated carbocycles. The summed E-state index contributed by atoms with van der Waals surface area (Å²) in [7, 11) is 0. The summed E-state index contributed by atoms with van der Waals surface area (Å²) in [6.07, 6.45) is 21.4. The van der Waals surface area contributed by atoms with Crippen molar-refractivity contribution in [1.29, 1.82) is 0 Å². The van der Waals surface area contributed by atoms with Crippen LogP contribution in [0.15, 0.2) is 106 Å². The molecule has 6 nitrogen and oxygen atoms in total. The molecular formula is C36H50O6. The van der Waals surface area contributed by atoms with Crippen molar-refractivity contribution in [3.8, 4) is 5.75 Å². The van der Waals surface area contributed by atoms with Crippen molar-refractivity contribution in [2.45, 2.75) is 86.5 Å². The lowest BCUT2D eigenvalue weighted by atomic mass is 10.2. The SMILES string of the molecule is CC(=O)CCC=C(C)C.CCC=CC=CC=O.CCCCCc1ccco1.Cc1ccoc1C=O.Oc1ccccc1. The van der Waals surface area contributed by atoms with Gasteiger partial charge in [0.15, 0.2) is 12.0 Å². The highest BCUT2D eigenvalue weighted by atomic mass is 16.3. The topological polar surface area (TPSA) is 97.7 Å². The average molecular weight is 579 g/mol. The molecule has 230 valence electrons. The number of aldehydes is 2. The minimum Gasteiger partial charge on any atom is -0.508 e. The van der Waals surface area contributed by atoms with Gasteiger partial charge in [-0.2, -0.15) is 0 Å². The van der Waals surface area contributed by atoms with Crippen molar-refractivity contribution in [2.24, 2.45) is 0 Å². The molecular weight excluding hydrogens is 528 g/mol. The van der Waals surface area contributed by atoms with Gasteiger partial charge in [-0.1, -0.05) is 74.8 Å². The van der Waals surface area contributed by atoms with Crippen molar-refractivity contribution in [1.82, 2.24) is 0 Å². The molecule has 1 N–H and O–H groups in total. The third-order valence-electron chi connectivity index (χ3n) is 5.09. The predicted octanol–water partition coefficient (Wildman–Crippen LogP) is 9.83. The van der Waals surface area contributed by atoms with E-state index in [0.717, 1.165) is 36.9 Å².